The summed E-state index contributed by atoms with van der Waals surface area (Å²) in [6.45, 7) is 1.44. The van der Waals surface area contributed by atoms with E-state index in [-0.39, 0.29) is 11.6 Å². The van der Waals surface area contributed by atoms with Crippen LogP contribution in [0.1, 0.15) is 36.5 Å². The molecule has 1 aliphatic heterocycles. The fourth-order valence-electron chi connectivity index (χ4n) is 2.97. The Kier molecular flexibility index (Phi) is 5.73. The molecule has 0 saturated heterocycles. The quantitative estimate of drug-likeness (QED) is 0.486. The molecule has 1 aromatic carbocycles. The third-order valence-corrected chi connectivity index (χ3v) is 4.37. The minimum absolute atomic E-state index is 0.0269. The van der Waals surface area contributed by atoms with Gasteiger partial charge in [-0.15, -0.1) is 10.2 Å². The molecule has 3 rings (SSSR count). The summed E-state index contributed by atoms with van der Waals surface area (Å²) in [6, 6.07) is 6.03. The summed E-state index contributed by atoms with van der Waals surface area (Å²) in [5.74, 6) is 1.75. The highest BCUT2D eigenvalue weighted by Crippen LogP contribution is 2.15. The van der Waals surface area contributed by atoms with E-state index >= 15 is 0 Å². The largest absolute Gasteiger partial charge is 0.352 e. The first-order valence-electron chi connectivity index (χ1n) is 8.75. The third kappa shape index (κ3) is 4.53. The second-order valence-electron chi connectivity index (χ2n) is 6.22. The van der Waals surface area contributed by atoms with E-state index in [9.17, 15) is 14.9 Å². The smallest absolute Gasteiger partial charge is 0.269 e. The van der Waals surface area contributed by atoms with Gasteiger partial charge in [0.15, 0.2) is 0 Å². The van der Waals surface area contributed by atoms with Crippen molar-refractivity contribution in [3.63, 3.8) is 0 Å². The fraction of sp³-hybridized carbons (Fsp3) is 0.389. The Bertz CT molecular complexity index is 811. The topological polar surface area (TPSA) is 103 Å². The molecule has 0 radical (unpaired) electrons. The van der Waals surface area contributed by atoms with Crippen molar-refractivity contribution >= 4 is 17.7 Å². The molecule has 1 amide bonds. The van der Waals surface area contributed by atoms with Crippen LogP contribution in [0, 0.1) is 10.1 Å². The average Bonchev–Trinajstić information content (AvgIpc) is 2.87. The predicted molar refractivity (Wildman–Crippen MR) is 96.4 cm³/mol. The van der Waals surface area contributed by atoms with Gasteiger partial charge in [-0.05, 0) is 36.6 Å². The van der Waals surface area contributed by atoms with Crippen molar-refractivity contribution < 1.29 is 9.72 Å². The van der Waals surface area contributed by atoms with E-state index in [4.69, 9.17) is 0 Å². The first-order chi connectivity index (χ1) is 12.6. The molecule has 136 valence electrons. The maximum absolute atomic E-state index is 11.9. The van der Waals surface area contributed by atoms with E-state index in [1.165, 1.54) is 24.6 Å². The van der Waals surface area contributed by atoms with Crippen LogP contribution in [0.5, 0.6) is 0 Å². The molecule has 0 atom stereocenters. The number of nitrogens with one attached hydrogen (secondary N) is 1. The van der Waals surface area contributed by atoms with Crippen LogP contribution < -0.4 is 5.32 Å². The molecular formula is C18H21N5O3. The molecule has 1 N–H and O–H groups in total. The van der Waals surface area contributed by atoms with E-state index in [0.717, 1.165) is 43.0 Å². The van der Waals surface area contributed by atoms with Crippen molar-refractivity contribution in [2.45, 2.75) is 38.6 Å². The summed E-state index contributed by atoms with van der Waals surface area (Å²) in [4.78, 5) is 22.1. The second kappa shape index (κ2) is 8.37. The lowest BCUT2D eigenvalue weighted by molar-refractivity contribution is -0.384. The lowest BCUT2D eigenvalue weighted by atomic mass is 10.2. The summed E-state index contributed by atoms with van der Waals surface area (Å²) in [5, 5.41) is 21.9. The van der Waals surface area contributed by atoms with Gasteiger partial charge in [-0.2, -0.15) is 0 Å². The predicted octanol–water partition coefficient (Wildman–Crippen LogP) is 2.28. The number of amides is 1. The van der Waals surface area contributed by atoms with Crippen LogP contribution >= 0.6 is 0 Å². The summed E-state index contributed by atoms with van der Waals surface area (Å²) in [6.07, 6.45) is 8.17. The standard InChI is InChI=1S/C18H21N5O3/c24-18(10-7-14-5-8-15(9-6-14)23(25)26)19-12-11-17-21-20-16-4-2-1-3-13-22(16)17/h5-10H,1-4,11-13H2,(H,19,24)/b10-7+. The van der Waals surface area contributed by atoms with Crippen LogP contribution in [-0.2, 0) is 24.2 Å². The number of nitro benzene ring substituents is 1. The molecule has 2 aromatic rings. The molecule has 0 spiro atoms. The lowest BCUT2D eigenvalue weighted by Gasteiger charge is -2.07. The van der Waals surface area contributed by atoms with Crippen molar-refractivity contribution in [2.75, 3.05) is 6.54 Å². The number of nitrogens with zero attached hydrogens (tertiary/aromatic N) is 4. The number of rotatable bonds is 6. The molecule has 0 aliphatic carbocycles. The van der Waals surface area contributed by atoms with Gasteiger partial charge in [0.2, 0.25) is 5.91 Å². The first kappa shape index (κ1) is 17.8. The lowest BCUT2D eigenvalue weighted by Crippen LogP contribution is -2.24. The van der Waals surface area contributed by atoms with E-state index in [1.54, 1.807) is 18.2 Å². The van der Waals surface area contributed by atoms with Gasteiger partial charge in [0.1, 0.15) is 11.6 Å². The number of non-ortho nitro benzene ring substituents is 1. The Labute approximate surface area is 151 Å². The zero-order valence-electron chi connectivity index (χ0n) is 14.4. The molecule has 0 fully saturated rings. The molecule has 0 saturated carbocycles. The van der Waals surface area contributed by atoms with Crippen LogP contribution in [0.3, 0.4) is 0 Å². The van der Waals surface area contributed by atoms with Crippen LogP contribution in [0.4, 0.5) is 5.69 Å². The van der Waals surface area contributed by atoms with E-state index in [0.29, 0.717) is 13.0 Å². The van der Waals surface area contributed by atoms with E-state index < -0.39 is 4.92 Å². The van der Waals surface area contributed by atoms with Crippen molar-refractivity contribution in [1.29, 1.82) is 0 Å². The van der Waals surface area contributed by atoms with Gasteiger partial charge >= 0.3 is 0 Å². The minimum atomic E-state index is -0.453. The van der Waals surface area contributed by atoms with E-state index in [2.05, 4.69) is 20.1 Å². The number of hydrogen-bond acceptors (Lipinski definition) is 5. The highest BCUT2D eigenvalue weighted by Gasteiger charge is 2.14. The van der Waals surface area contributed by atoms with Crippen molar-refractivity contribution in [2.24, 2.45) is 0 Å². The average molecular weight is 355 g/mol. The molecule has 0 unspecified atom stereocenters. The van der Waals surface area contributed by atoms with Crippen LogP contribution in [0.25, 0.3) is 6.08 Å². The normalized spacial score (nSPS) is 14.0. The molecular weight excluding hydrogens is 334 g/mol. The third-order valence-electron chi connectivity index (χ3n) is 4.37. The van der Waals surface area contributed by atoms with Crippen LogP contribution in [0.2, 0.25) is 0 Å². The van der Waals surface area contributed by atoms with Gasteiger partial charge in [-0.1, -0.05) is 6.42 Å². The Hall–Kier alpha value is -3.03. The second-order valence-corrected chi connectivity index (χ2v) is 6.22. The zero-order chi connectivity index (χ0) is 18.4. The maximum Gasteiger partial charge on any atom is 0.269 e. The number of benzene rings is 1. The Morgan fingerprint density at radius 3 is 2.81 bits per heavy atom. The van der Waals surface area contributed by atoms with Gasteiger partial charge in [0.05, 0.1) is 4.92 Å². The molecule has 1 aromatic heterocycles. The summed E-state index contributed by atoms with van der Waals surface area (Å²) in [5.41, 5.74) is 0.757. The molecule has 2 heterocycles. The van der Waals surface area contributed by atoms with Crippen molar-refractivity contribution in [3.05, 3.63) is 57.7 Å². The highest BCUT2D eigenvalue weighted by atomic mass is 16.6. The van der Waals surface area contributed by atoms with Gasteiger partial charge in [-0.25, -0.2) is 0 Å². The molecule has 8 heteroatoms. The van der Waals surface area contributed by atoms with Gasteiger partial charge in [0, 0.05) is 44.1 Å². The van der Waals surface area contributed by atoms with Gasteiger partial charge in [-0.3, -0.25) is 14.9 Å². The summed E-state index contributed by atoms with van der Waals surface area (Å²) >= 11 is 0. The number of fused-ring (bicyclic) bond motifs is 1. The SMILES string of the molecule is O=C(/C=C/c1ccc([N+](=O)[O-])cc1)NCCc1nnc2n1CCCCC2. The number of hydrogen-bond donors (Lipinski definition) is 1. The number of aryl methyl sites for hydroxylation is 1. The molecule has 8 nitrogen and oxygen atoms in total. The summed E-state index contributed by atoms with van der Waals surface area (Å²) < 4.78 is 2.17. The van der Waals surface area contributed by atoms with E-state index in [1.807, 2.05) is 0 Å². The monoisotopic (exact) mass is 355 g/mol. The van der Waals surface area contributed by atoms with Crippen LogP contribution in [0.15, 0.2) is 30.3 Å². The zero-order valence-corrected chi connectivity index (χ0v) is 14.4. The Balaban J connectivity index is 1.48. The van der Waals surface area contributed by atoms with Gasteiger partial charge < -0.3 is 9.88 Å². The molecule has 0 bridgehead atoms. The Morgan fingerprint density at radius 2 is 2.04 bits per heavy atom. The number of carbonyl (C=O) groups excluding carboxylic acids is 1. The van der Waals surface area contributed by atoms with Gasteiger partial charge in [0.25, 0.3) is 5.69 Å². The number of carbonyl (C=O) groups is 1. The fourth-order valence-corrected chi connectivity index (χ4v) is 2.97. The molecule has 26 heavy (non-hydrogen) atoms. The minimum Gasteiger partial charge on any atom is -0.352 e. The first-order valence-corrected chi connectivity index (χ1v) is 8.75. The van der Waals surface area contributed by atoms with Crippen molar-refractivity contribution in [3.8, 4) is 0 Å². The number of nitro groups is 1. The highest BCUT2D eigenvalue weighted by molar-refractivity contribution is 5.91. The summed E-state index contributed by atoms with van der Waals surface area (Å²) in [7, 11) is 0. The van der Waals surface area contributed by atoms with Crippen LogP contribution in [-0.4, -0.2) is 32.1 Å². The maximum atomic E-state index is 11.9. The van der Waals surface area contributed by atoms with Crippen molar-refractivity contribution in [1.82, 2.24) is 20.1 Å². The molecule has 1 aliphatic rings. The Morgan fingerprint density at radius 1 is 1.23 bits per heavy atom. The number of aromatic nitrogens is 3.